The first-order chi connectivity index (χ1) is 7.77. The zero-order chi connectivity index (χ0) is 13.2. The number of rotatable bonds is 3. The van der Waals surface area contributed by atoms with Crippen LogP contribution in [0, 0.1) is 0 Å². The van der Waals surface area contributed by atoms with Crippen LogP contribution in [0.4, 0.5) is 0 Å². The molecule has 1 aromatic carbocycles. The Hall–Kier alpha value is -0.730. The average Bonchev–Trinajstić information content (AvgIpc) is 2.25. The number of alkyl halides is 1. The zero-order valence-electron chi connectivity index (χ0n) is 11.5. The standard InChI is InChI=1S/C14H22ClNO/c1-14(2,3)10-7-8-12(17-6)11(9-10)13(15)16(4)5/h7-9,13H,1-6H3. The van der Waals surface area contributed by atoms with E-state index in [1.807, 2.05) is 25.1 Å². The molecule has 96 valence electrons. The van der Waals surface area contributed by atoms with Crippen LogP contribution in [0.2, 0.25) is 0 Å². The second-order valence-electron chi connectivity index (χ2n) is 5.51. The fourth-order valence-corrected chi connectivity index (χ4v) is 1.84. The predicted molar refractivity (Wildman–Crippen MR) is 74.0 cm³/mol. The topological polar surface area (TPSA) is 12.5 Å². The lowest BCUT2D eigenvalue weighted by Gasteiger charge is -2.25. The molecule has 0 fully saturated rings. The summed E-state index contributed by atoms with van der Waals surface area (Å²) in [6.07, 6.45) is 0. The van der Waals surface area contributed by atoms with Crippen LogP contribution in [-0.4, -0.2) is 26.1 Å². The molecule has 1 aromatic rings. The van der Waals surface area contributed by atoms with Crippen LogP contribution in [0.15, 0.2) is 18.2 Å². The molecule has 0 saturated carbocycles. The van der Waals surface area contributed by atoms with E-state index in [9.17, 15) is 0 Å². The molecular weight excluding hydrogens is 234 g/mol. The summed E-state index contributed by atoms with van der Waals surface area (Å²) in [5, 5.41) is 0. The van der Waals surface area contributed by atoms with E-state index in [2.05, 4.69) is 32.9 Å². The van der Waals surface area contributed by atoms with E-state index in [4.69, 9.17) is 16.3 Å². The lowest BCUT2D eigenvalue weighted by atomic mass is 9.86. The van der Waals surface area contributed by atoms with Crippen molar-refractivity contribution in [1.29, 1.82) is 0 Å². The van der Waals surface area contributed by atoms with E-state index in [0.29, 0.717) is 0 Å². The molecule has 0 spiro atoms. The quantitative estimate of drug-likeness (QED) is 0.602. The van der Waals surface area contributed by atoms with Crippen molar-refractivity contribution in [1.82, 2.24) is 4.90 Å². The van der Waals surface area contributed by atoms with Crippen LogP contribution in [0.1, 0.15) is 37.4 Å². The highest BCUT2D eigenvalue weighted by atomic mass is 35.5. The van der Waals surface area contributed by atoms with Crippen molar-refractivity contribution in [3.8, 4) is 5.75 Å². The van der Waals surface area contributed by atoms with Gasteiger partial charge in [-0.2, -0.15) is 0 Å². The molecule has 3 heteroatoms. The van der Waals surface area contributed by atoms with Gasteiger partial charge in [0.25, 0.3) is 0 Å². The van der Waals surface area contributed by atoms with Crippen molar-refractivity contribution in [2.45, 2.75) is 31.7 Å². The summed E-state index contributed by atoms with van der Waals surface area (Å²) in [6.45, 7) is 6.58. The summed E-state index contributed by atoms with van der Waals surface area (Å²) in [6, 6.07) is 6.23. The van der Waals surface area contributed by atoms with Crippen molar-refractivity contribution < 1.29 is 4.74 Å². The van der Waals surface area contributed by atoms with Gasteiger partial charge in [-0.3, -0.25) is 4.90 Å². The van der Waals surface area contributed by atoms with E-state index in [1.165, 1.54) is 5.56 Å². The summed E-state index contributed by atoms with van der Waals surface area (Å²) in [7, 11) is 5.59. The first-order valence-electron chi connectivity index (χ1n) is 5.76. The third-order valence-electron chi connectivity index (χ3n) is 2.81. The summed E-state index contributed by atoms with van der Waals surface area (Å²) in [5.74, 6) is 0.840. The molecule has 1 rings (SSSR count). The largest absolute Gasteiger partial charge is 0.496 e. The van der Waals surface area contributed by atoms with Crippen LogP contribution in [0.3, 0.4) is 0 Å². The molecule has 0 aliphatic rings. The number of ether oxygens (including phenoxy) is 1. The highest BCUT2D eigenvalue weighted by molar-refractivity contribution is 6.20. The van der Waals surface area contributed by atoms with E-state index in [1.54, 1.807) is 7.11 Å². The molecule has 0 bridgehead atoms. The molecule has 1 unspecified atom stereocenters. The number of nitrogens with zero attached hydrogens (tertiary/aromatic N) is 1. The summed E-state index contributed by atoms with van der Waals surface area (Å²) in [4.78, 5) is 1.96. The smallest absolute Gasteiger partial charge is 0.124 e. The third-order valence-corrected chi connectivity index (χ3v) is 3.43. The maximum Gasteiger partial charge on any atom is 0.124 e. The SMILES string of the molecule is COc1ccc(C(C)(C)C)cc1C(Cl)N(C)C. The number of benzene rings is 1. The van der Waals surface area contributed by atoms with Gasteiger partial charge in [0, 0.05) is 5.56 Å². The maximum absolute atomic E-state index is 6.39. The Balaban J connectivity index is 3.25. The van der Waals surface area contributed by atoms with Crippen molar-refractivity contribution >= 4 is 11.6 Å². The zero-order valence-corrected chi connectivity index (χ0v) is 12.3. The minimum absolute atomic E-state index is 0.115. The molecule has 17 heavy (non-hydrogen) atoms. The summed E-state index contributed by atoms with van der Waals surface area (Å²) in [5.41, 5.74) is 2.23. The fourth-order valence-electron chi connectivity index (χ4n) is 1.67. The van der Waals surface area contributed by atoms with Gasteiger partial charge in [0.2, 0.25) is 0 Å². The van der Waals surface area contributed by atoms with Gasteiger partial charge in [-0.25, -0.2) is 0 Å². The maximum atomic E-state index is 6.39. The summed E-state index contributed by atoms with van der Waals surface area (Å²) < 4.78 is 5.37. The lowest BCUT2D eigenvalue weighted by Crippen LogP contribution is -2.17. The fraction of sp³-hybridized carbons (Fsp3) is 0.571. The Kier molecular flexibility index (Phi) is 4.45. The van der Waals surface area contributed by atoms with Crippen molar-refractivity contribution in [2.75, 3.05) is 21.2 Å². The third kappa shape index (κ3) is 3.36. The molecule has 1 atom stereocenters. The Morgan fingerprint density at radius 3 is 2.24 bits per heavy atom. The van der Waals surface area contributed by atoms with Crippen molar-refractivity contribution in [3.63, 3.8) is 0 Å². The van der Waals surface area contributed by atoms with Crippen LogP contribution < -0.4 is 4.74 Å². The first-order valence-corrected chi connectivity index (χ1v) is 6.20. The molecule has 0 N–H and O–H groups in total. The lowest BCUT2D eigenvalue weighted by molar-refractivity contribution is 0.359. The molecule has 0 aromatic heterocycles. The van der Waals surface area contributed by atoms with E-state index in [0.717, 1.165) is 11.3 Å². The van der Waals surface area contributed by atoms with Gasteiger partial charge in [-0.05, 0) is 37.2 Å². The second kappa shape index (κ2) is 5.28. The number of hydrogen-bond donors (Lipinski definition) is 0. The Labute approximate surface area is 110 Å². The van der Waals surface area contributed by atoms with Crippen LogP contribution in [0.25, 0.3) is 0 Å². The van der Waals surface area contributed by atoms with Crippen LogP contribution >= 0.6 is 11.6 Å². The minimum Gasteiger partial charge on any atom is -0.496 e. The Morgan fingerprint density at radius 2 is 1.82 bits per heavy atom. The Morgan fingerprint density at radius 1 is 1.24 bits per heavy atom. The molecular formula is C14H22ClNO. The van der Waals surface area contributed by atoms with E-state index >= 15 is 0 Å². The monoisotopic (exact) mass is 255 g/mol. The molecule has 2 nitrogen and oxygen atoms in total. The van der Waals surface area contributed by atoms with E-state index in [-0.39, 0.29) is 10.9 Å². The van der Waals surface area contributed by atoms with Crippen molar-refractivity contribution in [2.24, 2.45) is 0 Å². The van der Waals surface area contributed by atoms with Gasteiger partial charge < -0.3 is 4.74 Å². The van der Waals surface area contributed by atoms with Gasteiger partial charge in [0.1, 0.15) is 11.3 Å². The number of halogens is 1. The van der Waals surface area contributed by atoms with Gasteiger partial charge in [-0.15, -0.1) is 11.6 Å². The van der Waals surface area contributed by atoms with Gasteiger partial charge in [-0.1, -0.05) is 26.8 Å². The highest BCUT2D eigenvalue weighted by Crippen LogP contribution is 2.34. The van der Waals surface area contributed by atoms with Gasteiger partial charge >= 0.3 is 0 Å². The molecule has 0 aliphatic carbocycles. The van der Waals surface area contributed by atoms with Gasteiger partial charge in [0.15, 0.2) is 0 Å². The normalized spacial score (nSPS) is 13.9. The van der Waals surface area contributed by atoms with E-state index < -0.39 is 0 Å². The van der Waals surface area contributed by atoms with Crippen molar-refractivity contribution in [3.05, 3.63) is 29.3 Å². The first kappa shape index (κ1) is 14.3. The summed E-state index contributed by atoms with van der Waals surface area (Å²) >= 11 is 6.39. The highest BCUT2D eigenvalue weighted by Gasteiger charge is 2.20. The molecule has 0 saturated heterocycles. The second-order valence-corrected chi connectivity index (χ2v) is 5.92. The van der Waals surface area contributed by atoms with Crippen LogP contribution in [0.5, 0.6) is 5.75 Å². The molecule has 0 heterocycles. The predicted octanol–water partition coefficient (Wildman–Crippen LogP) is 3.79. The molecule has 0 aliphatic heterocycles. The van der Waals surface area contributed by atoms with Gasteiger partial charge in [0.05, 0.1) is 7.11 Å². The average molecular weight is 256 g/mol. The Bertz CT molecular complexity index is 382. The van der Waals surface area contributed by atoms with Crippen LogP contribution in [-0.2, 0) is 5.41 Å². The minimum atomic E-state index is -0.174. The molecule has 0 amide bonds. The number of methoxy groups -OCH3 is 1. The molecule has 0 radical (unpaired) electrons. The number of hydrogen-bond acceptors (Lipinski definition) is 2.